The molecule has 1 aromatic rings. The minimum atomic E-state index is 0.568. The van der Waals surface area contributed by atoms with E-state index in [0.717, 1.165) is 44.1 Å². The number of hydrogen-bond donors (Lipinski definition) is 2. The van der Waals surface area contributed by atoms with E-state index < -0.39 is 0 Å². The Balaban J connectivity index is 1.88. The number of nitrogens with zero attached hydrogens (tertiary/aromatic N) is 1. The Morgan fingerprint density at radius 1 is 1.29 bits per heavy atom. The van der Waals surface area contributed by atoms with Crippen molar-refractivity contribution < 1.29 is 0 Å². The number of nitrogens with one attached hydrogen (secondary N) is 1. The van der Waals surface area contributed by atoms with E-state index >= 15 is 0 Å². The molecule has 3 N–H and O–H groups in total. The van der Waals surface area contributed by atoms with Crippen LogP contribution < -0.4 is 16.0 Å². The van der Waals surface area contributed by atoms with Crippen LogP contribution in [-0.4, -0.2) is 25.7 Å². The largest absolute Gasteiger partial charge is 0.397 e. The van der Waals surface area contributed by atoms with Gasteiger partial charge < -0.3 is 16.0 Å². The van der Waals surface area contributed by atoms with Gasteiger partial charge in [-0.2, -0.15) is 0 Å². The molecule has 118 valence electrons. The van der Waals surface area contributed by atoms with Crippen molar-refractivity contribution in [3.05, 3.63) is 23.8 Å². The molecule has 21 heavy (non-hydrogen) atoms. The predicted octanol–water partition coefficient (Wildman–Crippen LogP) is 3.44. The molecule has 1 fully saturated rings. The highest BCUT2D eigenvalue weighted by atomic mass is 15.1. The second kappa shape index (κ2) is 7.69. The van der Waals surface area contributed by atoms with Gasteiger partial charge in [-0.05, 0) is 55.8 Å². The summed E-state index contributed by atoms with van der Waals surface area (Å²) in [5.41, 5.74) is 9.81. The molecule has 1 heterocycles. The highest BCUT2D eigenvalue weighted by molar-refractivity contribution is 5.68. The van der Waals surface area contributed by atoms with E-state index in [2.05, 4.69) is 49.2 Å². The van der Waals surface area contributed by atoms with E-state index in [9.17, 15) is 0 Å². The van der Waals surface area contributed by atoms with Crippen molar-refractivity contribution in [1.29, 1.82) is 0 Å². The van der Waals surface area contributed by atoms with Gasteiger partial charge in [0.2, 0.25) is 0 Å². The van der Waals surface area contributed by atoms with Crippen LogP contribution in [0, 0.1) is 5.92 Å². The summed E-state index contributed by atoms with van der Waals surface area (Å²) in [6.07, 6.45) is 4.82. The van der Waals surface area contributed by atoms with E-state index in [0.29, 0.717) is 6.04 Å². The van der Waals surface area contributed by atoms with Crippen molar-refractivity contribution in [2.24, 2.45) is 5.92 Å². The Labute approximate surface area is 129 Å². The van der Waals surface area contributed by atoms with Gasteiger partial charge in [-0.3, -0.25) is 0 Å². The fourth-order valence-corrected chi connectivity index (χ4v) is 2.98. The third-order valence-electron chi connectivity index (χ3n) is 4.41. The van der Waals surface area contributed by atoms with E-state index in [4.69, 9.17) is 5.73 Å². The molecule has 0 radical (unpaired) electrons. The molecule has 0 saturated carbocycles. The van der Waals surface area contributed by atoms with E-state index in [1.165, 1.54) is 24.1 Å². The van der Waals surface area contributed by atoms with E-state index in [-0.39, 0.29) is 0 Å². The van der Waals surface area contributed by atoms with Gasteiger partial charge in [0.25, 0.3) is 0 Å². The molecule has 0 aromatic heterocycles. The summed E-state index contributed by atoms with van der Waals surface area (Å²) in [5, 5.41) is 3.46. The maximum absolute atomic E-state index is 6.28. The number of nitrogens with two attached hydrogens (primary N) is 1. The van der Waals surface area contributed by atoms with Crippen molar-refractivity contribution >= 4 is 11.4 Å². The van der Waals surface area contributed by atoms with Crippen molar-refractivity contribution in [2.45, 2.75) is 52.5 Å². The standard InChI is InChI=1S/C18H31N3/c1-14(2)20-10-4-5-16-6-7-18(17(19)13-16)21-11-8-15(3)9-12-21/h6-7,13-15,20H,4-5,8-12,19H2,1-3H3. The Morgan fingerprint density at radius 2 is 2.00 bits per heavy atom. The average molecular weight is 289 g/mol. The van der Waals surface area contributed by atoms with Gasteiger partial charge in [-0.1, -0.05) is 26.8 Å². The Kier molecular flexibility index (Phi) is 5.92. The van der Waals surface area contributed by atoms with Crippen LogP contribution in [0.3, 0.4) is 0 Å². The fourth-order valence-electron chi connectivity index (χ4n) is 2.98. The minimum Gasteiger partial charge on any atom is -0.397 e. The number of hydrogen-bond acceptors (Lipinski definition) is 3. The highest BCUT2D eigenvalue weighted by Crippen LogP contribution is 2.29. The molecular weight excluding hydrogens is 258 g/mol. The Hall–Kier alpha value is -1.22. The van der Waals surface area contributed by atoms with Crippen LogP contribution in [0.25, 0.3) is 0 Å². The molecule has 0 atom stereocenters. The first-order valence-corrected chi connectivity index (χ1v) is 8.43. The first-order chi connectivity index (χ1) is 10.1. The lowest BCUT2D eigenvalue weighted by atomic mass is 9.98. The van der Waals surface area contributed by atoms with Gasteiger partial charge in [-0.25, -0.2) is 0 Å². The van der Waals surface area contributed by atoms with Gasteiger partial charge in [-0.15, -0.1) is 0 Å². The summed E-state index contributed by atoms with van der Waals surface area (Å²) in [5.74, 6) is 0.857. The Bertz CT molecular complexity index is 434. The quantitative estimate of drug-likeness (QED) is 0.622. The third-order valence-corrected chi connectivity index (χ3v) is 4.41. The molecule has 1 aliphatic rings. The number of aryl methyl sites for hydroxylation is 1. The van der Waals surface area contributed by atoms with Crippen LogP contribution in [0.15, 0.2) is 18.2 Å². The van der Waals surface area contributed by atoms with E-state index in [1.807, 2.05) is 0 Å². The van der Waals surface area contributed by atoms with E-state index in [1.54, 1.807) is 0 Å². The lowest BCUT2D eigenvalue weighted by molar-refractivity contribution is 0.438. The molecule has 3 heteroatoms. The second-order valence-corrected chi connectivity index (χ2v) is 6.78. The smallest absolute Gasteiger partial charge is 0.0600 e. The molecule has 1 aromatic carbocycles. The molecule has 0 bridgehead atoms. The maximum Gasteiger partial charge on any atom is 0.0600 e. The minimum absolute atomic E-state index is 0.568. The molecule has 1 saturated heterocycles. The molecular formula is C18H31N3. The predicted molar refractivity (Wildman–Crippen MR) is 92.9 cm³/mol. The zero-order valence-corrected chi connectivity index (χ0v) is 13.9. The maximum atomic E-state index is 6.28. The average Bonchev–Trinajstić information content (AvgIpc) is 2.45. The summed E-state index contributed by atoms with van der Waals surface area (Å²) >= 11 is 0. The molecule has 3 nitrogen and oxygen atoms in total. The van der Waals surface area contributed by atoms with Crippen LogP contribution in [0.1, 0.15) is 45.6 Å². The zero-order chi connectivity index (χ0) is 15.2. The lowest BCUT2D eigenvalue weighted by Gasteiger charge is -2.33. The van der Waals surface area contributed by atoms with Crippen molar-refractivity contribution in [3.8, 4) is 0 Å². The number of nitrogen functional groups attached to an aromatic ring is 1. The molecule has 1 aliphatic heterocycles. The normalized spacial score (nSPS) is 16.7. The molecule has 0 aliphatic carbocycles. The SMILES string of the molecule is CC1CCN(c2ccc(CCCNC(C)C)cc2N)CC1. The summed E-state index contributed by atoms with van der Waals surface area (Å²) in [6, 6.07) is 7.21. The zero-order valence-electron chi connectivity index (χ0n) is 13.9. The molecule has 0 unspecified atom stereocenters. The van der Waals surface area contributed by atoms with Gasteiger partial charge in [0.05, 0.1) is 11.4 Å². The Morgan fingerprint density at radius 3 is 2.62 bits per heavy atom. The summed E-state index contributed by atoms with van der Waals surface area (Å²) in [7, 11) is 0. The summed E-state index contributed by atoms with van der Waals surface area (Å²) in [6.45, 7) is 10.1. The third kappa shape index (κ3) is 4.92. The van der Waals surface area contributed by atoms with Crippen LogP contribution in [0.2, 0.25) is 0 Å². The summed E-state index contributed by atoms with van der Waals surface area (Å²) < 4.78 is 0. The second-order valence-electron chi connectivity index (χ2n) is 6.78. The number of rotatable bonds is 6. The molecule has 2 rings (SSSR count). The van der Waals surface area contributed by atoms with Crippen molar-refractivity contribution in [3.63, 3.8) is 0 Å². The molecule has 0 amide bonds. The van der Waals surface area contributed by atoms with Crippen LogP contribution in [0.5, 0.6) is 0 Å². The van der Waals surface area contributed by atoms with Gasteiger partial charge in [0.15, 0.2) is 0 Å². The van der Waals surface area contributed by atoms with Crippen LogP contribution in [-0.2, 0) is 6.42 Å². The first-order valence-electron chi connectivity index (χ1n) is 8.43. The molecule has 0 spiro atoms. The summed E-state index contributed by atoms with van der Waals surface area (Å²) in [4.78, 5) is 2.44. The van der Waals surface area contributed by atoms with Gasteiger partial charge >= 0.3 is 0 Å². The number of anilines is 2. The topological polar surface area (TPSA) is 41.3 Å². The van der Waals surface area contributed by atoms with Crippen molar-refractivity contribution in [1.82, 2.24) is 5.32 Å². The highest BCUT2D eigenvalue weighted by Gasteiger charge is 2.17. The monoisotopic (exact) mass is 289 g/mol. The lowest BCUT2D eigenvalue weighted by Crippen LogP contribution is -2.33. The number of benzene rings is 1. The van der Waals surface area contributed by atoms with Crippen LogP contribution >= 0.6 is 0 Å². The fraction of sp³-hybridized carbons (Fsp3) is 0.667. The van der Waals surface area contributed by atoms with Gasteiger partial charge in [0.1, 0.15) is 0 Å². The van der Waals surface area contributed by atoms with Crippen LogP contribution in [0.4, 0.5) is 11.4 Å². The van der Waals surface area contributed by atoms with Crippen molar-refractivity contribution in [2.75, 3.05) is 30.3 Å². The first kappa shape index (κ1) is 16.2. The number of piperidine rings is 1. The van der Waals surface area contributed by atoms with Gasteiger partial charge in [0, 0.05) is 19.1 Å².